The molecule has 0 aliphatic carbocycles. The van der Waals surface area contributed by atoms with Gasteiger partial charge in [0.25, 0.3) is 11.6 Å². The van der Waals surface area contributed by atoms with Crippen LogP contribution in [0.2, 0.25) is 5.02 Å². The number of amides is 2. The van der Waals surface area contributed by atoms with Gasteiger partial charge < -0.3 is 10.4 Å². The van der Waals surface area contributed by atoms with E-state index in [0.717, 1.165) is 11.6 Å². The Labute approximate surface area is 204 Å². The minimum absolute atomic E-state index is 0.121. The Bertz CT molecular complexity index is 1120. The number of thiocarbonyl (C=S) groups is 1. The normalized spacial score (nSPS) is 14.7. The van der Waals surface area contributed by atoms with Crippen LogP contribution in [0.4, 0.5) is 11.4 Å². The zero-order chi connectivity index (χ0) is 24.0. The first-order chi connectivity index (χ1) is 15.7. The number of unbranched alkanes of at least 4 members (excludes halogenated alkanes) is 2. The molecular formula is C22H20ClN3O5S2. The second-order valence-corrected chi connectivity index (χ2v) is 9.31. The number of nitrogens with one attached hydrogen (secondary N) is 1. The Morgan fingerprint density at radius 3 is 2.61 bits per heavy atom. The molecule has 0 spiro atoms. The van der Waals surface area contributed by atoms with Crippen molar-refractivity contribution in [1.82, 2.24) is 4.90 Å². The Morgan fingerprint density at radius 2 is 1.94 bits per heavy atom. The van der Waals surface area contributed by atoms with Gasteiger partial charge in [0.2, 0.25) is 5.91 Å². The number of non-ortho nitro benzene ring substituents is 1. The molecule has 1 aliphatic rings. The molecule has 0 atom stereocenters. The molecule has 2 aromatic rings. The lowest BCUT2D eigenvalue weighted by Crippen LogP contribution is -2.29. The largest absolute Gasteiger partial charge is 0.506 e. The second kappa shape index (κ2) is 11.3. The first-order valence-corrected chi connectivity index (χ1v) is 11.6. The highest BCUT2D eigenvalue weighted by molar-refractivity contribution is 8.26. The SMILES string of the molecule is O=C(CCCCCN1C(=O)/C(=C/c2ccc(Cl)cc2)SC1=S)Nc1ccc([N+](=O)[O-])cc1O. The highest BCUT2D eigenvalue weighted by Crippen LogP contribution is 2.33. The van der Waals surface area contributed by atoms with Crippen molar-refractivity contribution < 1.29 is 19.6 Å². The summed E-state index contributed by atoms with van der Waals surface area (Å²) in [4.78, 5) is 36.9. The fraction of sp³-hybridized carbons (Fsp3) is 0.227. The molecule has 2 amide bonds. The van der Waals surface area contributed by atoms with Crippen LogP contribution < -0.4 is 5.32 Å². The van der Waals surface area contributed by atoms with E-state index < -0.39 is 4.92 Å². The number of carbonyl (C=O) groups is 2. The van der Waals surface area contributed by atoms with E-state index in [1.807, 2.05) is 12.1 Å². The molecule has 8 nitrogen and oxygen atoms in total. The number of hydrogen-bond acceptors (Lipinski definition) is 7. The predicted molar refractivity (Wildman–Crippen MR) is 133 cm³/mol. The van der Waals surface area contributed by atoms with E-state index in [1.165, 1.54) is 23.9 Å². The Balaban J connectivity index is 1.42. The van der Waals surface area contributed by atoms with Crippen molar-refractivity contribution in [2.45, 2.75) is 25.7 Å². The summed E-state index contributed by atoms with van der Waals surface area (Å²) in [7, 11) is 0. The van der Waals surface area contributed by atoms with Gasteiger partial charge in [-0.3, -0.25) is 24.6 Å². The van der Waals surface area contributed by atoms with Gasteiger partial charge in [0, 0.05) is 24.1 Å². The van der Waals surface area contributed by atoms with Crippen LogP contribution in [-0.4, -0.2) is 37.6 Å². The van der Waals surface area contributed by atoms with Crippen LogP contribution in [-0.2, 0) is 9.59 Å². The number of nitro benzene ring substituents is 1. The third-order valence-corrected chi connectivity index (χ3v) is 6.42. The summed E-state index contributed by atoms with van der Waals surface area (Å²) in [6, 6.07) is 10.7. The zero-order valence-electron chi connectivity index (χ0n) is 17.3. The molecule has 33 heavy (non-hydrogen) atoms. The highest BCUT2D eigenvalue weighted by Gasteiger charge is 2.31. The van der Waals surface area contributed by atoms with Crippen molar-refractivity contribution in [1.29, 1.82) is 0 Å². The number of phenolic OH excluding ortho intramolecular Hbond substituents is 1. The highest BCUT2D eigenvalue weighted by atomic mass is 35.5. The minimum atomic E-state index is -0.628. The summed E-state index contributed by atoms with van der Waals surface area (Å²) >= 11 is 12.5. The molecular weight excluding hydrogens is 486 g/mol. The standard InChI is InChI=1S/C22H20ClN3O5S2/c23-15-7-5-14(6-8-15)12-19-21(29)25(22(32)33-19)11-3-1-2-4-20(28)24-17-10-9-16(26(30)31)13-18(17)27/h5-10,12-13,27H,1-4,11H2,(H,24,28)/b19-12-. The van der Waals surface area contributed by atoms with Crippen molar-refractivity contribution >= 4 is 69.2 Å². The van der Waals surface area contributed by atoms with Crippen molar-refractivity contribution in [3.8, 4) is 5.75 Å². The summed E-state index contributed by atoms with van der Waals surface area (Å²) in [6.45, 7) is 0.466. The molecule has 0 aromatic heterocycles. The number of thioether (sulfide) groups is 1. The molecule has 1 fully saturated rings. The first kappa shape index (κ1) is 24.7. The second-order valence-electron chi connectivity index (χ2n) is 7.20. The fourth-order valence-electron chi connectivity index (χ4n) is 3.09. The van der Waals surface area contributed by atoms with E-state index in [4.69, 9.17) is 23.8 Å². The van der Waals surface area contributed by atoms with E-state index >= 15 is 0 Å². The van der Waals surface area contributed by atoms with Crippen molar-refractivity contribution in [3.63, 3.8) is 0 Å². The Morgan fingerprint density at radius 1 is 1.21 bits per heavy atom. The fourth-order valence-corrected chi connectivity index (χ4v) is 4.52. The van der Waals surface area contributed by atoms with Crippen molar-refractivity contribution in [2.24, 2.45) is 0 Å². The van der Waals surface area contributed by atoms with Gasteiger partial charge in [-0.25, -0.2) is 0 Å². The number of benzene rings is 2. The van der Waals surface area contributed by atoms with Crippen molar-refractivity contribution in [2.75, 3.05) is 11.9 Å². The maximum absolute atomic E-state index is 12.7. The summed E-state index contributed by atoms with van der Waals surface area (Å²) in [5.74, 6) is -0.805. The number of nitro groups is 1. The quantitative estimate of drug-likeness (QED) is 0.118. The molecule has 2 aromatic carbocycles. The lowest BCUT2D eigenvalue weighted by atomic mass is 10.1. The smallest absolute Gasteiger partial charge is 0.273 e. The average Bonchev–Trinajstić information content (AvgIpc) is 3.03. The molecule has 2 N–H and O–H groups in total. The lowest BCUT2D eigenvalue weighted by molar-refractivity contribution is -0.384. The number of halogens is 1. The number of nitrogens with zero attached hydrogens (tertiary/aromatic N) is 2. The minimum Gasteiger partial charge on any atom is -0.506 e. The molecule has 0 saturated carbocycles. The van der Waals surface area contributed by atoms with Crippen LogP contribution in [0.3, 0.4) is 0 Å². The van der Waals surface area contributed by atoms with Gasteiger partial charge in [-0.05, 0) is 42.7 Å². The summed E-state index contributed by atoms with van der Waals surface area (Å²) in [5.41, 5.74) is 0.727. The number of phenols is 1. The van der Waals surface area contributed by atoms with Gasteiger partial charge >= 0.3 is 0 Å². The maximum atomic E-state index is 12.7. The van der Waals surface area contributed by atoms with E-state index in [1.54, 1.807) is 23.1 Å². The Hall–Kier alpha value is -2.95. The monoisotopic (exact) mass is 505 g/mol. The van der Waals surface area contributed by atoms with Gasteiger partial charge in [0.1, 0.15) is 10.1 Å². The van der Waals surface area contributed by atoms with Crippen LogP contribution >= 0.6 is 35.6 Å². The molecule has 172 valence electrons. The molecule has 1 saturated heterocycles. The van der Waals surface area contributed by atoms with Crippen LogP contribution in [0.15, 0.2) is 47.4 Å². The van der Waals surface area contributed by atoms with Gasteiger partial charge in [0.15, 0.2) is 0 Å². The molecule has 1 heterocycles. The molecule has 0 unspecified atom stereocenters. The van der Waals surface area contributed by atoms with Crippen LogP contribution in [0.25, 0.3) is 6.08 Å². The van der Waals surface area contributed by atoms with Gasteiger partial charge in [-0.1, -0.05) is 54.1 Å². The predicted octanol–water partition coefficient (Wildman–Crippen LogP) is 5.35. The van der Waals surface area contributed by atoms with Crippen molar-refractivity contribution in [3.05, 3.63) is 68.1 Å². The van der Waals surface area contributed by atoms with Crippen LogP contribution in [0.1, 0.15) is 31.2 Å². The maximum Gasteiger partial charge on any atom is 0.273 e. The molecule has 0 bridgehead atoms. The lowest BCUT2D eigenvalue weighted by Gasteiger charge is -2.14. The summed E-state index contributed by atoms with van der Waals surface area (Å²) in [5, 5.41) is 23.7. The number of anilines is 1. The van der Waals surface area contributed by atoms with E-state index in [2.05, 4.69) is 5.32 Å². The van der Waals surface area contributed by atoms with Gasteiger partial charge in [-0.2, -0.15) is 0 Å². The number of aromatic hydroxyl groups is 1. The topological polar surface area (TPSA) is 113 Å². The average molecular weight is 506 g/mol. The third kappa shape index (κ3) is 6.77. The molecule has 11 heteroatoms. The molecule has 0 radical (unpaired) electrons. The molecule has 3 rings (SSSR count). The number of rotatable bonds is 9. The number of carbonyl (C=O) groups excluding carboxylic acids is 2. The Kier molecular flexibility index (Phi) is 8.43. The third-order valence-electron chi connectivity index (χ3n) is 4.79. The first-order valence-electron chi connectivity index (χ1n) is 10.0. The summed E-state index contributed by atoms with van der Waals surface area (Å²) < 4.78 is 0.506. The zero-order valence-corrected chi connectivity index (χ0v) is 19.7. The van der Waals surface area contributed by atoms with Gasteiger partial charge in [0.05, 0.1) is 21.6 Å². The van der Waals surface area contributed by atoms with Gasteiger partial charge in [-0.15, -0.1) is 0 Å². The number of hydrogen-bond donors (Lipinski definition) is 2. The van der Waals surface area contributed by atoms with Crippen LogP contribution in [0, 0.1) is 10.1 Å². The molecule has 1 aliphatic heterocycles. The van der Waals surface area contributed by atoms with E-state index in [0.29, 0.717) is 40.1 Å². The van der Waals surface area contributed by atoms with E-state index in [-0.39, 0.29) is 35.4 Å². The van der Waals surface area contributed by atoms with E-state index in [9.17, 15) is 24.8 Å². The van der Waals surface area contributed by atoms with Crippen LogP contribution in [0.5, 0.6) is 5.75 Å². The summed E-state index contributed by atoms with van der Waals surface area (Å²) in [6.07, 6.45) is 3.96.